The quantitative estimate of drug-likeness (QED) is 0.323. The number of benzene rings is 4. The number of alkyl carbamates (subject to hydrolysis) is 1. The van der Waals surface area contributed by atoms with Gasteiger partial charge in [-0.15, -0.1) is 0 Å². The molecule has 1 unspecified atom stereocenters. The first-order valence-corrected chi connectivity index (χ1v) is 11.7. The number of carboxylic acids is 1. The number of para-hydroxylation sites is 1. The average molecular weight is 480 g/mol. The number of aliphatic carboxylic acids is 1. The van der Waals surface area contributed by atoms with E-state index in [0.29, 0.717) is 11.5 Å². The van der Waals surface area contributed by atoms with Crippen molar-refractivity contribution in [1.82, 2.24) is 5.32 Å². The van der Waals surface area contributed by atoms with Crippen LogP contribution in [-0.2, 0) is 16.0 Å². The van der Waals surface area contributed by atoms with Crippen LogP contribution < -0.4 is 10.1 Å². The van der Waals surface area contributed by atoms with Gasteiger partial charge in [-0.3, -0.25) is 0 Å². The number of rotatable bonds is 8. The third kappa shape index (κ3) is 5.08. The normalized spacial score (nSPS) is 12.8. The molecule has 6 heteroatoms. The van der Waals surface area contributed by atoms with Gasteiger partial charge in [0.25, 0.3) is 0 Å². The molecule has 1 amide bonds. The van der Waals surface area contributed by atoms with Gasteiger partial charge in [-0.25, -0.2) is 9.59 Å². The van der Waals surface area contributed by atoms with Crippen molar-refractivity contribution < 1.29 is 24.2 Å². The Kier molecular flexibility index (Phi) is 6.67. The number of nitrogens with one attached hydrogen (secondary N) is 1. The fourth-order valence-electron chi connectivity index (χ4n) is 4.54. The lowest BCUT2D eigenvalue weighted by atomic mass is 9.98. The summed E-state index contributed by atoms with van der Waals surface area (Å²) < 4.78 is 11.3. The molecule has 4 aromatic carbocycles. The Hall–Kier alpha value is -4.58. The standard InChI is InChI=1S/C30H25NO5/c32-29(33)28(18-20-14-16-22(17-15-20)36-21-8-2-1-3-9-21)31-30(34)35-19-27-25-12-6-4-10-23(25)24-11-5-7-13-26(24)27/h1-17,27-28H,18-19H2,(H,31,34)(H,32,33). The average Bonchev–Trinajstić information content (AvgIpc) is 3.22. The van der Waals surface area contributed by atoms with Gasteiger partial charge in [-0.05, 0) is 52.1 Å². The van der Waals surface area contributed by atoms with E-state index in [1.54, 1.807) is 24.3 Å². The molecule has 2 N–H and O–H groups in total. The number of carbonyl (C=O) groups is 2. The third-order valence-corrected chi connectivity index (χ3v) is 6.28. The maximum absolute atomic E-state index is 12.6. The zero-order valence-electron chi connectivity index (χ0n) is 19.5. The fourth-order valence-corrected chi connectivity index (χ4v) is 4.54. The molecular formula is C30H25NO5. The third-order valence-electron chi connectivity index (χ3n) is 6.28. The summed E-state index contributed by atoms with van der Waals surface area (Å²) in [6, 6.07) is 31.5. The van der Waals surface area contributed by atoms with E-state index in [-0.39, 0.29) is 18.9 Å². The summed E-state index contributed by atoms with van der Waals surface area (Å²) in [5.41, 5.74) is 5.20. The van der Waals surface area contributed by atoms with E-state index in [1.165, 1.54) is 0 Å². The second kappa shape index (κ2) is 10.4. The largest absolute Gasteiger partial charge is 0.480 e. The van der Waals surface area contributed by atoms with Gasteiger partial charge in [0, 0.05) is 12.3 Å². The molecule has 0 fully saturated rings. The number of fused-ring (bicyclic) bond motifs is 3. The van der Waals surface area contributed by atoms with E-state index in [4.69, 9.17) is 9.47 Å². The maximum Gasteiger partial charge on any atom is 0.407 e. The number of hydrogen-bond donors (Lipinski definition) is 2. The lowest BCUT2D eigenvalue weighted by Gasteiger charge is -2.17. The van der Waals surface area contributed by atoms with Gasteiger partial charge in [-0.1, -0.05) is 78.9 Å². The van der Waals surface area contributed by atoms with Gasteiger partial charge in [0.15, 0.2) is 0 Å². The van der Waals surface area contributed by atoms with E-state index in [0.717, 1.165) is 27.8 Å². The second-order valence-corrected chi connectivity index (χ2v) is 8.62. The molecule has 5 rings (SSSR count). The first-order chi connectivity index (χ1) is 17.6. The number of carboxylic acid groups (broad SMARTS) is 1. The molecule has 0 radical (unpaired) electrons. The molecule has 0 aromatic heterocycles. The van der Waals surface area contributed by atoms with Gasteiger partial charge in [-0.2, -0.15) is 0 Å². The fraction of sp³-hybridized carbons (Fsp3) is 0.133. The minimum atomic E-state index is -1.13. The molecule has 0 spiro atoms. The van der Waals surface area contributed by atoms with Gasteiger partial charge in [0.05, 0.1) is 0 Å². The summed E-state index contributed by atoms with van der Waals surface area (Å²) in [5, 5.41) is 12.2. The monoisotopic (exact) mass is 479 g/mol. The minimum Gasteiger partial charge on any atom is -0.480 e. The van der Waals surface area contributed by atoms with Gasteiger partial charge < -0.3 is 19.9 Å². The number of hydrogen-bond acceptors (Lipinski definition) is 4. The minimum absolute atomic E-state index is 0.0939. The van der Waals surface area contributed by atoms with Crippen LogP contribution in [0.15, 0.2) is 103 Å². The van der Waals surface area contributed by atoms with Crippen molar-refractivity contribution in [2.45, 2.75) is 18.4 Å². The Balaban J connectivity index is 1.20. The zero-order valence-corrected chi connectivity index (χ0v) is 19.5. The summed E-state index contributed by atoms with van der Waals surface area (Å²) in [7, 11) is 0. The predicted octanol–water partition coefficient (Wildman–Crippen LogP) is 6.01. The van der Waals surface area contributed by atoms with E-state index in [2.05, 4.69) is 17.4 Å². The molecule has 6 nitrogen and oxygen atoms in total. The molecule has 0 aliphatic heterocycles. The molecule has 1 atom stereocenters. The molecule has 36 heavy (non-hydrogen) atoms. The molecule has 1 aliphatic carbocycles. The highest BCUT2D eigenvalue weighted by molar-refractivity contribution is 5.81. The van der Waals surface area contributed by atoms with Crippen molar-refractivity contribution in [2.24, 2.45) is 0 Å². The van der Waals surface area contributed by atoms with Crippen molar-refractivity contribution in [3.63, 3.8) is 0 Å². The van der Waals surface area contributed by atoms with Crippen LogP contribution in [0.1, 0.15) is 22.6 Å². The van der Waals surface area contributed by atoms with Crippen LogP contribution >= 0.6 is 0 Å². The maximum atomic E-state index is 12.6. The van der Waals surface area contributed by atoms with Crippen molar-refractivity contribution in [2.75, 3.05) is 6.61 Å². The smallest absolute Gasteiger partial charge is 0.407 e. The number of ether oxygens (including phenoxy) is 2. The molecule has 180 valence electrons. The molecular weight excluding hydrogens is 454 g/mol. The van der Waals surface area contributed by atoms with Crippen LogP contribution in [0.25, 0.3) is 11.1 Å². The topological polar surface area (TPSA) is 84.9 Å². The SMILES string of the molecule is O=C(NC(Cc1ccc(Oc2ccccc2)cc1)C(=O)O)OCC1c2ccccc2-c2ccccc21. The highest BCUT2D eigenvalue weighted by atomic mass is 16.5. The Morgan fingerprint density at radius 1 is 0.750 bits per heavy atom. The summed E-state index contributed by atoms with van der Waals surface area (Å²) >= 11 is 0. The van der Waals surface area contributed by atoms with Crippen LogP contribution in [0.2, 0.25) is 0 Å². The lowest BCUT2D eigenvalue weighted by Crippen LogP contribution is -2.42. The van der Waals surface area contributed by atoms with Crippen molar-refractivity contribution >= 4 is 12.1 Å². The summed E-state index contributed by atoms with van der Waals surface area (Å²) in [6.07, 6.45) is -0.640. The number of amides is 1. The van der Waals surface area contributed by atoms with E-state index in [9.17, 15) is 14.7 Å². The Morgan fingerprint density at radius 3 is 1.92 bits per heavy atom. The molecule has 0 heterocycles. The molecule has 1 aliphatic rings. The van der Waals surface area contributed by atoms with Gasteiger partial charge in [0.1, 0.15) is 24.1 Å². The second-order valence-electron chi connectivity index (χ2n) is 8.62. The number of carbonyl (C=O) groups excluding carboxylic acids is 1. The van der Waals surface area contributed by atoms with E-state index in [1.807, 2.05) is 66.7 Å². The van der Waals surface area contributed by atoms with Crippen LogP contribution in [-0.4, -0.2) is 29.8 Å². The Morgan fingerprint density at radius 2 is 1.31 bits per heavy atom. The van der Waals surface area contributed by atoms with Crippen LogP contribution in [0.4, 0.5) is 4.79 Å². The molecule has 0 saturated carbocycles. The molecule has 0 saturated heterocycles. The highest BCUT2D eigenvalue weighted by Crippen LogP contribution is 2.44. The van der Waals surface area contributed by atoms with Crippen LogP contribution in [0, 0.1) is 0 Å². The Labute approximate surface area is 209 Å². The van der Waals surface area contributed by atoms with E-state index < -0.39 is 18.1 Å². The summed E-state index contributed by atoms with van der Waals surface area (Å²) in [4.78, 5) is 24.4. The van der Waals surface area contributed by atoms with Crippen LogP contribution in [0.5, 0.6) is 11.5 Å². The Bertz CT molecular complexity index is 1320. The summed E-state index contributed by atoms with van der Waals surface area (Å²) in [6.45, 7) is 0.123. The van der Waals surface area contributed by atoms with Crippen LogP contribution in [0.3, 0.4) is 0 Å². The first-order valence-electron chi connectivity index (χ1n) is 11.7. The summed E-state index contributed by atoms with van der Waals surface area (Å²) in [5.74, 6) is 0.128. The molecule has 4 aromatic rings. The predicted molar refractivity (Wildman–Crippen MR) is 136 cm³/mol. The first kappa shape index (κ1) is 23.2. The highest BCUT2D eigenvalue weighted by Gasteiger charge is 2.29. The van der Waals surface area contributed by atoms with E-state index >= 15 is 0 Å². The van der Waals surface area contributed by atoms with Gasteiger partial charge in [0.2, 0.25) is 0 Å². The lowest BCUT2D eigenvalue weighted by molar-refractivity contribution is -0.139. The zero-order chi connectivity index (χ0) is 24.9. The van der Waals surface area contributed by atoms with Crippen molar-refractivity contribution in [3.8, 4) is 22.6 Å². The van der Waals surface area contributed by atoms with Gasteiger partial charge >= 0.3 is 12.1 Å². The molecule has 0 bridgehead atoms. The van der Waals surface area contributed by atoms with Crippen molar-refractivity contribution in [3.05, 3.63) is 120 Å². The van der Waals surface area contributed by atoms with Crippen molar-refractivity contribution in [1.29, 1.82) is 0 Å².